The summed E-state index contributed by atoms with van der Waals surface area (Å²) in [4.78, 5) is 0.678. The second kappa shape index (κ2) is 5.95. The first kappa shape index (κ1) is 14.2. The van der Waals surface area contributed by atoms with E-state index in [0.29, 0.717) is 46.1 Å². The molecule has 21 heavy (non-hydrogen) atoms. The summed E-state index contributed by atoms with van der Waals surface area (Å²) in [5.41, 5.74) is 7.11. The molecule has 0 saturated carbocycles. The molecule has 0 bridgehead atoms. The Labute approximate surface area is 130 Å². The van der Waals surface area contributed by atoms with Crippen LogP contribution in [0, 0.1) is 0 Å². The number of ether oxygens (including phenoxy) is 2. The van der Waals surface area contributed by atoms with Gasteiger partial charge >= 0.3 is 0 Å². The lowest BCUT2D eigenvalue weighted by molar-refractivity contribution is 0.171. The molecule has 1 atom stereocenters. The number of halogens is 1. The topological polar surface area (TPSA) is 61.6 Å². The lowest BCUT2D eigenvalue weighted by Crippen LogP contribution is -2.15. The Morgan fingerprint density at radius 3 is 2.67 bits per heavy atom. The van der Waals surface area contributed by atoms with Crippen molar-refractivity contribution in [2.45, 2.75) is 10.6 Å². The van der Waals surface area contributed by atoms with Crippen LogP contribution in [0.5, 0.6) is 11.5 Å². The Kier molecular flexibility index (Phi) is 4.03. The van der Waals surface area contributed by atoms with Crippen LogP contribution in [0.25, 0.3) is 0 Å². The molecule has 2 N–H and O–H groups in total. The molecule has 2 aromatic carbocycles. The minimum Gasteiger partial charge on any atom is -0.486 e. The van der Waals surface area contributed by atoms with E-state index in [4.69, 9.17) is 26.8 Å². The predicted octanol–water partition coefficient (Wildman–Crippen LogP) is 3.00. The van der Waals surface area contributed by atoms with Gasteiger partial charge in [-0.3, -0.25) is 4.21 Å². The second-order valence-corrected chi connectivity index (χ2v) is 6.50. The molecule has 110 valence electrons. The van der Waals surface area contributed by atoms with Gasteiger partial charge in [0.25, 0.3) is 0 Å². The number of rotatable bonds is 3. The highest BCUT2D eigenvalue weighted by Gasteiger charge is 2.15. The van der Waals surface area contributed by atoms with E-state index in [-0.39, 0.29) is 0 Å². The molecule has 0 aliphatic carbocycles. The van der Waals surface area contributed by atoms with E-state index in [9.17, 15) is 4.21 Å². The van der Waals surface area contributed by atoms with Crippen LogP contribution in [-0.2, 0) is 16.6 Å². The summed E-state index contributed by atoms with van der Waals surface area (Å²) in [5.74, 6) is 1.62. The zero-order valence-corrected chi connectivity index (χ0v) is 12.7. The average molecular weight is 324 g/mol. The van der Waals surface area contributed by atoms with Gasteiger partial charge in [0.1, 0.15) is 13.2 Å². The van der Waals surface area contributed by atoms with Crippen molar-refractivity contribution in [3.63, 3.8) is 0 Å². The molecule has 1 aliphatic heterocycles. The van der Waals surface area contributed by atoms with Crippen LogP contribution in [0.4, 0.5) is 5.69 Å². The maximum atomic E-state index is 12.5. The van der Waals surface area contributed by atoms with Crippen LogP contribution >= 0.6 is 11.6 Å². The maximum absolute atomic E-state index is 12.5. The van der Waals surface area contributed by atoms with Gasteiger partial charge in [0.2, 0.25) is 0 Å². The fraction of sp³-hybridized carbons (Fsp3) is 0.200. The van der Waals surface area contributed by atoms with Gasteiger partial charge in [-0.25, -0.2) is 0 Å². The fourth-order valence-electron chi connectivity index (χ4n) is 2.10. The van der Waals surface area contributed by atoms with Gasteiger partial charge in [-0.1, -0.05) is 11.6 Å². The first-order valence-corrected chi connectivity index (χ1v) is 8.15. The first-order valence-electron chi connectivity index (χ1n) is 6.45. The fourth-order valence-corrected chi connectivity index (χ4v) is 3.51. The van der Waals surface area contributed by atoms with Crippen molar-refractivity contribution in [2.75, 3.05) is 18.9 Å². The lowest BCUT2D eigenvalue weighted by atomic mass is 10.2. The third-order valence-corrected chi connectivity index (χ3v) is 4.85. The van der Waals surface area contributed by atoms with E-state index in [2.05, 4.69) is 0 Å². The predicted molar refractivity (Wildman–Crippen MR) is 83.4 cm³/mol. The molecule has 0 fully saturated rings. The van der Waals surface area contributed by atoms with Crippen molar-refractivity contribution in [1.82, 2.24) is 0 Å². The van der Waals surface area contributed by atoms with Crippen molar-refractivity contribution >= 4 is 28.1 Å². The summed E-state index contributed by atoms with van der Waals surface area (Å²) >= 11 is 6.11. The third-order valence-electron chi connectivity index (χ3n) is 3.13. The van der Waals surface area contributed by atoms with Gasteiger partial charge in [0, 0.05) is 21.7 Å². The Hall–Kier alpha value is -1.72. The van der Waals surface area contributed by atoms with Crippen molar-refractivity contribution in [3.8, 4) is 11.5 Å². The molecular formula is C15H14ClNO3S. The Bertz CT molecular complexity index is 705. The molecule has 0 radical (unpaired) electrons. The minimum absolute atomic E-state index is 0.309. The molecular weight excluding hydrogens is 310 g/mol. The molecule has 6 heteroatoms. The number of anilines is 1. The van der Waals surface area contributed by atoms with E-state index >= 15 is 0 Å². The van der Waals surface area contributed by atoms with Gasteiger partial charge in [-0.05, 0) is 35.9 Å². The van der Waals surface area contributed by atoms with Crippen LogP contribution in [0.3, 0.4) is 0 Å². The summed E-state index contributed by atoms with van der Waals surface area (Å²) in [6.45, 7) is 1.04. The van der Waals surface area contributed by atoms with Crippen LogP contribution in [-0.4, -0.2) is 17.4 Å². The van der Waals surface area contributed by atoms with Gasteiger partial charge in [-0.2, -0.15) is 0 Å². The SMILES string of the molecule is Nc1ccc(Cl)c(CS(=O)c2ccc3c(c2)OCCO3)c1. The van der Waals surface area contributed by atoms with E-state index in [1.54, 1.807) is 36.4 Å². The number of benzene rings is 2. The number of hydrogen-bond donors (Lipinski definition) is 1. The molecule has 0 amide bonds. The molecule has 1 aliphatic rings. The highest BCUT2D eigenvalue weighted by atomic mass is 35.5. The third kappa shape index (κ3) is 3.14. The summed E-state index contributed by atoms with van der Waals surface area (Å²) < 4.78 is 23.4. The highest BCUT2D eigenvalue weighted by Crippen LogP contribution is 2.32. The first-order chi connectivity index (χ1) is 10.1. The molecule has 0 aromatic heterocycles. The number of nitrogen functional groups attached to an aromatic ring is 1. The standard InChI is InChI=1S/C15H14ClNO3S/c16-13-3-1-11(17)7-10(13)9-21(18)12-2-4-14-15(8-12)20-6-5-19-14/h1-4,7-8H,5-6,9,17H2. The minimum atomic E-state index is -1.23. The van der Waals surface area contributed by atoms with Crippen LogP contribution in [0.15, 0.2) is 41.3 Å². The molecule has 0 saturated heterocycles. The largest absolute Gasteiger partial charge is 0.486 e. The van der Waals surface area contributed by atoms with Crippen molar-refractivity contribution in [3.05, 3.63) is 47.0 Å². The Morgan fingerprint density at radius 2 is 1.86 bits per heavy atom. The summed E-state index contributed by atoms with van der Waals surface area (Å²) in [6, 6.07) is 10.5. The summed E-state index contributed by atoms with van der Waals surface area (Å²) in [7, 11) is -1.23. The summed E-state index contributed by atoms with van der Waals surface area (Å²) in [5, 5.41) is 0.565. The number of nitrogens with two attached hydrogens (primary N) is 1. The summed E-state index contributed by atoms with van der Waals surface area (Å²) in [6.07, 6.45) is 0. The number of hydrogen-bond acceptors (Lipinski definition) is 4. The van der Waals surface area contributed by atoms with Crippen LogP contribution in [0.1, 0.15) is 5.56 Å². The molecule has 2 aromatic rings. The molecule has 1 heterocycles. The highest BCUT2D eigenvalue weighted by molar-refractivity contribution is 7.84. The lowest BCUT2D eigenvalue weighted by Gasteiger charge is -2.18. The van der Waals surface area contributed by atoms with Crippen molar-refractivity contribution < 1.29 is 13.7 Å². The zero-order chi connectivity index (χ0) is 14.8. The maximum Gasteiger partial charge on any atom is 0.162 e. The van der Waals surface area contributed by atoms with E-state index in [1.165, 1.54) is 0 Å². The monoisotopic (exact) mass is 323 g/mol. The van der Waals surface area contributed by atoms with E-state index in [1.807, 2.05) is 0 Å². The van der Waals surface area contributed by atoms with Gasteiger partial charge < -0.3 is 15.2 Å². The Balaban J connectivity index is 1.83. The van der Waals surface area contributed by atoms with Gasteiger partial charge in [0.05, 0.1) is 16.6 Å². The van der Waals surface area contributed by atoms with E-state index < -0.39 is 10.8 Å². The molecule has 4 nitrogen and oxygen atoms in total. The smallest absolute Gasteiger partial charge is 0.162 e. The van der Waals surface area contributed by atoms with Crippen molar-refractivity contribution in [2.24, 2.45) is 0 Å². The average Bonchev–Trinajstić information content (AvgIpc) is 2.50. The molecule has 1 unspecified atom stereocenters. The zero-order valence-electron chi connectivity index (χ0n) is 11.2. The van der Waals surface area contributed by atoms with Gasteiger partial charge in [-0.15, -0.1) is 0 Å². The van der Waals surface area contributed by atoms with E-state index in [0.717, 1.165) is 5.56 Å². The van der Waals surface area contributed by atoms with Crippen LogP contribution < -0.4 is 15.2 Å². The molecule has 0 spiro atoms. The second-order valence-electron chi connectivity index (χ2n) is 4.65. The van der Waals surface area contributed by atoms with Crippen molar-refractivity contribution in [1.29, 1.82) is 0 Å². The Morgan fingerprint density at radius 1 is 1.10 bits per heavy atom. The van der Waals surface area contributed by atoms with Gasteiger partial charge in [0.15, 0.2) is 11.5 Å². The number of fused-ring (bicyclic) bond motifs is 1. The van der Waals surface area contributed by atoms with Crippen LogP contribution in [0.2, 0.25) is 5.02 Å². The molecule has 3 rings (SSSR count). The quantitative estimate of drug-likeness (QED) is 0.882. The normalized spacial score (nSPS) is 14.7.